The van der Waals surface area contributed by atoms with Crippen LogP contribution < -0.4 is 243 Å². The Labute approximate surface area is 916 Å². The predicted molar refractivity (Wildman–Crippen MR) is 435 cm³/mol. The average molecular weight is 2160 g/mol. The monoisotopic (exact) mass is 2160 g/mol. The number of nitrogens with one attached hydrogen (secondary N) is 7. The largest absolute Gasteiger partial charge is 1.00 e. The summed E-state index contributed by atoms with van der Waals surface area (Å²) < 4.78 is 80.0. The Kier molecular flexibility index (Phi) is 72.5. The Morgan fingerprint density at radius 1 is 0.543 bits per heavy atom. The van der Waals surface area contributed by atoms with Gasteiger partial charge in [0.25, 0.3) is 15.6 Å². The molecule has 0 bridgehead atoms. The SMILES string of the molecule is CC.CC.CC(=O)NS.CC(=O)NS.CNCC(=O)NC1C(O)CC(O)(C(=O)[O-])OC1[C@H](O)[C@H](O)CO.NC1C(O)OC(CO)C(O)C1O.NCC(=O)NC1C(O)CC(OP(=O)([O-])OCC2OC(n3ccc(N)nc3=O)C(O)C2O)(C(=O)[O-])OC1[C@H](O)[C@H](O)CO.Nc1ccn(C2OC(COP(=O)([O-])OC3(C(=O)[O-])CC(O)C(NC(=O)CNC=O)C([C@H](O)[C@H](O)CO)O3)C(O)C2O)c(=O)n1.[Na+].[Na+].[Na+].[Na+].[Na+]. The average Bonchev–Trinajstić information content (AvgIpc) is 1.09. The molecule has 36 N–H and O–H groups in total. The van der Waals surface area contributed by atoms with Gasteiger partial charge in [-0.25, -0.2) is 9.59 Å². The van der Waals surface area contributed by atoms with Gasteiger partial charge in [-0.15, -0.1) is 0 Å². The van der Waals surface area contributed by atoms with Crippen LogP contribution in [0.1, 0.15) is 73.3 Å². The summed E-state index contributed by atoms with van der Waals surface area (Å²) in [6.07, 6.45) is -43.6. The maximum absolute atomic E-state index is 12.7. The number of likely N-dealkylation sites (N-methyl/N-ethyl adjacent to an activating group) is 1. The number of ether oxygens (including phenoxy) is 6. The number of phosphoric ester groups is 2. The molecule has 140 heavy (non-hydrogen) atoms. The van der Waals surface area contributed by atoms with Gasteiger partial charge in [0.2, 0.25) is 53.3 Å². The second-order valence-corrected chi connectivity index (χ2v) is 31.6. The van der Waals surface area contributed by atoms with E-state index in [2.05, 4.69) is 84.4 Å². The number of phosphoric acid groups is 2. The van der Waals surface area contributed by atoms with Crippen molar-refractivity contribution in [1.82, 2.24) is 55.1 Å². The molecule has 0 radical (unpaired) electrons. The minimum Gasteiger partial charge on any atom is -0.756 e. The molecule has 6 fully saturated rings. The van der Waals surface area contributed by atoms with Gasteiger partial charge in [0.1, 0.15) is 139 Å². The molecule has 0 aromatic carbocycles. The van der Waals surface area contributed by atoms with Crippen LogP contribution in [0.2, 0.25) is 0 Å². The molecule has 64 nitrogen and oxygen atoms in total. The first-order valence-corrected chi connectivity index (χ1v) is 43.4. The molecule has 6 amide bonds. The molecule has 0 aliphatic carbocycles. The van der Waals surface area contributed by atoms with Crippen molar-refractivity contribution in [2.75, 3.05) is 77.8 Å². The van der Waals surface area contributed by atoms with Crippen LogP contribution in [0.3, 0.4) is 0 Å². The Balaban J connectivity index is -0.000000582. The summed E-state index contributed by atoms with van der Waals surface area (Å²) in [4.78, 5) is 157. The Morgan fingerprint density at radius 2 is 0.864 bits per heavy atom. The number of aliphatic hydroxyl groups excluding tert-OH is 20. The summed E-state index contributed by atoms with van der Waals surface area (Å²) in [5.41, 5.74) is 19.3. The molecule has 2 aromatic heterocycles. The van der Waals surface area contributed by atoms with Crippen LogP contribution in [0, 0.1) is 0 Å². The van der Waals surface area contributed by atoms with Gasteiger partial charge in [-0.05, 0) is 19.2 Å². The number of carbonyl (C=O) groups excluding carboxylic acids is 9. The molecular weight excluding hydrogens is 2040 g/mol. The number of carboxylic acids is 3. The van der Waals surface area contributed by atoms with Crippen LogP contribution in [0.5, 0.6) is 0 Å². The van der Waals surface area contributed by atoms with Crippen molar-refractivity contribution in [2.24, 2.45) is 11.5 Å². The van der Waals surface area contributed by atoms with Crippen LogP contribution in [0.15, 0.2) is 34.1 Å². The van der Waals surface area contributed by atoms with E-state index in [1.807, 2.05) is 33.0 Å². The Morgan fingerprint density at radius 3 is 1.16 bits per heavy atom. The molecule has 2 aromatic rings. The van der Waals surface area contributed by atoms with Gasteiger partial charge in [-0.1, -0.05) is 53.3 Å². The quantitative estimate of drug-likeness (QED) is 0.0134. The Hall–Kier alpha value is -2.69. The number of nitrogens with two attached hydrogens (primary N) is 4. The van der Waals surface area contributed by atoms with Gasteiger partial charge in [0.05, 0.1) is 102 Å². The van der Waals surface area contributed by atoms with Crippen LogP contribution in [0.4, 0.5) is 11.6 Å². The van der Waals surface area contributed by atoms with Crippen LogP contribution >= 0.6 is 41.3 Å². The number of rotatable bonds is 34. The number of thiol groups is 2. The number of hydrogen-bond acceptors (Lipinski definition) is 58. The molecule has 8 rings (SSSR count). The fraction of sp³-hybridized carbons (Fsp3) is 0.746. The van der Waals surface area contributed by atoms with Crippen molar-refractivity contribution in [1.29, 1.82) is 0 Å². The van der Waals surface area contributed by atoms with Gasteiger partial charge in [0.15, 0.2) is 18.7 Å². The zero-order valence-corrected chi connectivity index (χ0v) is 90.8. The first-order chi connectivity index (χ1) is 62.9. The molecular formula is C67H116N15Na5O49P2S2. The first kappa shape index (κ1) is 146. The predicted octanol–water partition coefficient (Wildman–Crippen LogP) is -39.1. The van der Waals surface area contributed by atoms with Crippen molar-refractivity contribution in [3.05, 3.63) is 45.5 Å². The van der Waals surface area contributed by atoms with E-state index >= 15 is 0 Å². The van der Waals surface area contributed by atoms with E-state index in [1.54, 1.807) is 0 Å². The van der Waals surface area contributed by atoms with Crippen LogP contribution in [-0.2, 0) is 98.8 Å². The maximum Gasteiger partial charge on any atom is 1.00 e. The van der Waals surface area contributed by atoms with Crippen molar-refractivity contribution in [3.63, 3.8) is 0 Å². The van der Waals surface area contributed by atoms with Crippen LogP contribution in [0.25, 0.3) is 0 Å². The number of aliphatic hydroxyl groups is 21. The number of anilines is 2. The number of carbonyl (C=O) groups is 9. The third kappa shape index (κ3) is 43.7. The maximum atomic E-state index is 12.7. The normalized spacial score (nSPS) is 31.0. The van der Waals surface area contributed by atoms with E-state index in [0.717, 1.165) is 21.5 Å². The third-order valence-electron chi connectivity index (χ3n) is 18.8. The smallest absolute Gasteiger partial charge is 0.756 e. The number of aliphatic carboxylic acids is 3. The van der Waals surface area contributed by atoms with Crippen molar-refractivity contribution < 1.29 is 379 Å². The van der Waals surface area contributed by atoms with E-state index in [0.29, 0.717) is 0 Å². The summed E-state index contributed by atoms with van der Waals surface area (Å²) in [5, 5.41) is 252. The summed E-state index contributed by atoms with van der Waals surface area (Å²) in [5.74, 6) is -19.8. The molecule has 780 valence electrons. The molecule has 6 aliphatic rings. The second-order valence-electron chi connectivity index (χ2n) is 28.4. The molecule has 0 saturated carbocycles. The van der Waals surface area contributed by atoms with Crippen molar-refractivity contribution in [3.8, 4) is 0 Å². The molecule has 27 unspecified atom stereocenters. The minimum atomic E-state index is -5.87. The fourth-order valence-electron chi connectivity index (χ4n) is 12.2. The van der Waals surface area contributed by atoms with Crippen LogP contribution in [-0.4, -0.2) is 423 Å². The number of aromatic nitrogens is 4. The standard InChI is InChI=1S/C21H32N5O17P.C20H32N5O16P.C12H22N2O9.C6H13NO5.2C2H5NOS.2C2H6.5Na/c22-11-1-2-26(20(37)24-11)18-16(34)15(33)10(41-18)6-40-44(38,39)43-21(19(35)36)3-8(29)13(25-12(31)4-23-7-28)17(42-21)14(32)9(30)5-27;21-4-11(29)24-12-7(27)3-20(18(33)34,40-16(12)13(30)8(28)5-26)41-42(36,37)38-6-9-14(31)15(32)17(39-9)25-2-1-10(22)23-19(25)35;1-13-3-7(18)14-8-5(16)2-12(22,11(20)21)23-10(8)9(19)6(17)4-15;7-3-5(10)4(9)2(1-8)12-6(3)11;2*1-2(4)3-5;2*1-2;;;;;/h1-2,7-10,13-18,27,29-30,32-34H,3-6H2,(H,23,28)(H,25,31)(H,35,36)(H,38,39)(H2,22,24,37);1-2,7-9,12-17,26-28,30-32H,3-6,21H2,(H,24,29)(H,33,34)(H,36,37)(H2,22,23,35);5-6,8-10,13,15-17,19,22H,2-4H2,1H3,(H,14,18)(H,20,21);2-6,8-11H,1,7H2;2*5H,1H3,(H,3,4);2*1-2H3;;;;;/q;;;;;;;;5*+1/p-5/t8?,9-,10?,13?,14-,15?,16?,17?,18?,21?;7?,8-,9?,12?,13-,14?,15?,16?,17?,20?;5?,6-,8?,9-,10?,12?;;;;;;;;;;/m111........../s1. The summed E-state index contributed by atoms with van der Waals surface area (Å²) in [6, 6.07) is -3.46. The van der Waals surface area contributed by atoms with Gasteiger partial charge < -0.3 is 243 Å². The first-order valence-electron chi connectivity index (χ1n) is 39.6. The van der Waals surface area contributed by atoms with Crippen molar-refractivity contribution in [2.45, 2.75) is 249 Å². The molecule has 6 saturated heterocycles. The van der Waals surface area contributed by atoms with E-state index < -0.39 is 323 Å². The second kappa shape index (κ2) is 69.6. The number of amides is 6. The molecule has 8 heterocycles. The minimum absolute atomic E-state index is 0. The van der Waals surface area contributed by atoms with E-state index in [1.165, 1.54) is 33.0 Å². The van der Waals surface area contributed by atoms with E-state index in [9.17, 15) is 179 Å². The van der Waals surface area contributed by atoms with Crippen molar-refractivity contribution >= 4 is 107 Å². The molecule has 73 heteroatoms. The van der Waals surface area contributed by atoms with E-state index in [-0.39, 0.29) is 184 Å². The van der Waals surface area contributed by atoms with Gasteiger partial charge in [-0.3, -0.25) is 56.1 Å². The number of hydrogen-bond donors (Lipinski definition) is 34. The van der Waals surface area contributed by atoms with Gasteiger partial charge >= 0.3 is 159 Å². The number of nitrogen functional groups attached to an aromatic ring is 2. The third-order valence-corrected chi connectivity index (χ3v) is 21.4. The van der Waals surface area contributed by atoms with Gasteiger partial charge in [0, 0.05) is 45.5 Å². The summed E-state index contributed by atoms with van der Waals surface area (Å²) in [7, 11) is -10.2. The zero-order chi connectivity index (χ0) is 104. The topological polar surface area (TPSA) is 1080 Å². The summed E-state index contributed by atoms with van der Waals surface area (Å²) >= 11 is 6.83. The number of nitrogens with zero attached hydrogens (tertiary/aromatic N) is 4. The fourth-order valence-corrected chi connectivity index (χ4v) is 14.0. The zero-order valence-electron chi connectivity index (χ0n) is 77.2. The summed E-state index contributed by atoms with van der Waals surface area (Å²) in [6.45, 7) is 3.53. The van der Waals surface area contributed by atoms with Gasteiger partial charge in [-0.2, -0.15) is 9.97 Å². The Bertz CT molecular complexity index is 4290. The molecule has 33 atom stereocenters. The van der Waals surface area contributed by atoms with E-state index in [4.69, 9.17) is 66.7 Å². The number of carboxylic acid groups (broad SMARTS) is 3. The molecule has 0 spiro atoms. The molecule has 6 aliphatic heterocycles.